The van der Waals surface area contributed by atoms with Gasteiger partial charge in [-0.3, -0.25) is 0 Å². The Hall–Kier alpha value is -1.31. The van der Waals surface area contributed by atoms with Gasteiger partial charge in [0.15, 0.2) is 0 Å². The molecule has 1 aliphatic carbocycles. The Bertz CT molecular complexity index is 469. The van der Waals surface area contributed by atoms with Crippen molar-refractivity contribution in [3.8, 4) is 0 Å². The summed E-state index contributed by atoms with van der Waals surface area (Å²) in [6.07, 6.45) is 16.5. The second kappa shape index (κ2) is 10.5. The molecule has 0 radical (unpaired) electrons. The summed E-state index contributed by atoms with van der Waals surface area (Å²) in [5, 5.41) is 8.91. The van der Waals surface area contributed by atoms with Gasteiger partial charge in [-0.2, -0.15) is 0 Å². The van der Waals surface area contributed by atoms with E-state index in [1.165, 1.54) is 76.2 Å². The van der Waals surface area contributed by atoms with Crippen LogP contribution in [0.4, 0.5) is 0 Å². The SMILES string of the molecule is CCCCC[C@H]1CC[C@H](CCCCc2ccc(C(=O)O)cc2)CC1. The smallest absolute Gasteiger partial charge is 0.335 e. The van der Waals surface area contributed by atoms with Crippen LogP contribution in [-0.4, -0.2) is 11.1 Å². The Morgan fingerprint density at radius 3 is 1.96 bits per heavy atom. The van der Waals surface area contributed by atoms with E-state index in [1.807, 2.05) is 12.1 Å². The molecule has 0 bridgehead atoms. The first-order valence-corrected chi connectivity index (χ1v) is 10.0. The molecule has 0 aromatic heterocycles. The third-order valence-electron chi connectivity index (χ3n) is 5.71. The highest BCUT2D eigenvalue weighted by atomic mass is 16.4. The molecule has 0 saturated heterocycles. The van der Waals surface area contributed by atoms with E-state index < -0.39 is 5.97 Å². The molecule has 2 rings (SSSR count). The first-order valence-electron chi connectivity index (χ1n) is 10.0. The summed E-state index contributed by atoms with van der Waals surface area (Å²) in [4.78, 5) is 10.8. The van der Waals surface area contributed by atoms with Crippen LogP contribution in [0.25, 0.3) is 0 Å². The van der Waals surface area contributed by atoms with Gasteiger partial charge in [0.2, 0.25) is 0 Å². The summed E-state index contributed by atoms with van der Waals surface area (Å²) in [6.45, 7) is 2.29. The van der Waals surface area contributed by atoms with E-state index in [-0.39, 0.29) is 0 Å². The number of rotatable bonds is 10. The molecule has 1 saturated carbocycles. The van der Waals surface area contributed by atoms with Crippen LogP contribution in [0.2, 0.25) is 0 Å². The summed E-state index contributed by atoms with van der Waals surface area (Å²) < 4.78 is 0. The summed E-state index contributed by atoms with van der Waals surface area (Å²) in [7, 11) is 0. The fourth-order valence-electron chi connectivity index (χ4n) is 4.07. The molecule has 1 fully saturated rings. The van der Waals surface area contributed by atoms with Crippen LogP contribution in [0.5, 0.6) is 0 Å². The third kappa shape index (κ3) is 6.67. The zero-order valence-electron chi connectivity index (χ0n) is 15.3. The average molecular weight is 331 g/mol. The number of benzene rings is 1. The lowest BCUT2D eigenvalue weighted by molar-refractivity contribution is 0.0697. The van der Waals surface area contributed by atoms with Crippen molar-refractivity contribution in [3.63, 3.8) is 0 Å². The number of carbonyl (C=O) groups is 1. The van der Waals surface area contributed by atoms with Gasteiger partial charge in [-0.05, 0) is 42.4 Å². The minimum atomic E-state index is -0.841. The molecule has 0 amide bonds. The minimum absolute atomic E-state index is 0.384. The van der Waals surface area contributed by atoms with Crippen molar-refractivity contribution >= 4 is 5.97 Å². The molecule has 0 aliphatic heterocycles. The predicted molar refractivity (Wildman–Crippen MR) is 101 cm³/mol. The molecule has 2 nitrogen and oxygen atoms in total. The first kappa shape index (κ1) is 19.0. The van der Waals surface area contributed by atoms with Gasteiger partial charge in [-0.25, -0.2) is 4.79 Å². The number of hydrogen-bond donors (Lipinski definition) is 1. The van der Waals surface area contributed by atoms with E-state index >= 15 is 0 Å². The Morgan fingerprint density at radius 1 is 0.917 bits per heavy atom. The molecule has 1 aromatic carbocycles. The Morgan fingerprint density at radius 2 is 1.46 bits per heavy atom. The maximum Gasteiger partial charge on any atom is 0.335 e. The maximum atomic E-state index is 10.8. The fraction of sp³-hybridized carbons (Fsp3) is 0.682. The Kier molecular flexibility index (Phi) is 8.35. The molecule has 0 unspecified atom stereocenters. The summed E-state index contributed by atoms with van der Waals surface area (Å²) >= 11 is 0. The standard InChI is InChI=1S/C22H34O2/c1-2-3-4-7-18-10-12-19(13-11-18)8-5-6-9-20-14-16-21(17-15-20)22(23)24/h14-19H,2-13H2,1H3,(H,23,24)/t18-,19-. The van der Waals surface area contributed by atoms with Gasteiger partial charge in [-0.15, -0.1) is 0 Å². The van der Waals surface area contributed by atoms with Gasteiger partial charge in [0.1, 0.15) is 0 Å². The van der Waals surface area contributed by atoms with E-state index in [9.17, 15) is 4.79 Å². The van der Waals surface area contributed by atoms with Gasteiger partial charge in [-0.1, -0.05) is 83.3 Å². The molecule has 2 heteroatoms. The zero-order chi connectivity index (χ0) is 17.2. The zero-order valence-corrected chi connectivity index (χ0v) is 15.3. The quantitative estimate of drug-likeness (QED) is 0.498. The molecular formula is C22H34O2. The molecule has 0 heterocycles. The molecule has 1 N–H and O–H groups in total. The number of aryl methyl sites for hydroxylation is 1. The summed E-state index contributed by atoms with van der Waals surface area (Å²) in [5.74, 6) is 1.13. The Balaban J connectivity index is 1.56. The number of carboxylic acid groups (broad SMARTS) is 1. The van der Waals surface area contributed by atoms with Crippen LogP contribution in [0.3, 0.4) is 0 Å². The summed E-state index contributed by atoms with van der Waals surface area (Å²) in [5.41, 5.74) is 1.65. The van der Waals surface area contributed by atoms with E-state index in [1.54, 1.807) is 12.1 Å². The van der Waals surface area contributed by atoms with E-state index in [0.29, 0.717) is 5.56 Å². The van der Waals surface area contributed by atoms with Crippen molar-refractivity contribution in [1.82, 2.24) is 0 Å². The molecule has 24 heavy (non-hydrogen) atoms. The summed E-state index contributed by atoms with van der Waals surface area (Å²) in [6, 6.07) is 7.37. The largest absolute Gasteiger partial charge is 0.478 e. The third-order valence-corrected chi connectivity index (χ3v) is 5.71. The van der Waals surface area contributed by atoms with Gasteiger partial charge >= 0.3 is 5.97 Å². The first-order chi connectivity index (χ1) is 11.7. The van der Waals surface area contributed by atoms with E-state index in [0.717, 1.165) is 18.3 Å². The Labute approximate surface area is 147 Å². The van der Waals surface area contributed by atoms with Gasteiger partial charge < -0.3 is 5.11 Å². The lowest BCUT2D eigenvalue weighted by Crippen LogP contribution is -2.14. The highest BCUT2D eigenvalue weighted by Gasteiger charge is 2.20. The van der Waals surface area contributed by atoms with Gasteiger partial charge in [0.05, 0.1) is 5.56 Å². The van der Waals surface area contributed by atoms with Gasteiger partial charge in [0.25, 0.3) is 0 Å². The second-order valence-electron chi connectivity index (χ2n) is 7.63. The highest BCUT2D eigenvalue weighted by molar-refractivity contribution is 5.87. The van der Waals surface area contributed by atoms with Crippen molar-refractivity contribution in [1.29, 1.82) is 0 Å². The molecule has 0 spiro atoms. The maximum absolute atomic E-state index is 10.8. The molecule has 1 aromatic rings. The molecule has 0 atom stereocenters. The van der Waals surface area contributed by atoms with Crippen LogP contribution < -0.4 is 0 Å². The predicted octanol–water partition coefficient (Wildman–Crippen LogP) is 6.48. The van der Waals surface area contributed by atoms with Crippen molar-refractivity contribution in [2.24, 2.45) is 11.8 Å². The van der Waals surface area contributed by atoms with Crippen LogP contribution >= 0.6 is 0 Å². The molecular weight excluding hydrogens is 296 g/mol. The van der Waals surface area contributed by atoms with E-state index in [2.05, 4.69) is 6.92 Å². The van der Waals surface area contributed by atoms with Crippen molar-refractivity contribution in [2.75, 3.05) is 0 Å². The number of aromatic carboxylic acids is 1. The number of unbranched alkanes of at least 4 members (excludes halogenated alkanes) is 3. The fourth-order valence-corrected chi connectivity index (χ4v) is 4.07. The number of carboxylic acids is 1. The lowest BCUT2D eigenvalue weighted by Gasteiger charge is -2.28. The topological polar surface area (TPSA) is 37.3 Å². The van der Waals surface area contributed by atoms with E-state index in [4.69, 9.17) is 5.11 Å². The van der Waals surface area contributed by atoms with Crippen molar-refractivity contribution in [2.45, 2.75) is 84.0 Å². The van der Waals surface area contributed by atoms with Gasteiger partial charge in [0, 0.05) is 0 Å². The van der Waals surface area contributed by atoms with Crippen molar-refractivity contribution in [3.05, 3.63) is 35.4 Å². The lowest BCUT2D eigenvalue weighted by atomic mass is 9.78. The van der Waals surface area contributed by atoms with Crippen LogP contribution in [-0.2, 0) is 6.42 Å². The second-order valence-corrected chi connectivity index (χ2v) is 7.63. The van der Waals surface area contributed by atoms with Crippen LogP contribution in [0.15, 0.2) is 24.3 Å². The average Bonchev–Trinajstić information content (AvgIpc) is 2.60. The monoisotopic (exact) mass is 330 g/mol. The normalized spacial score (nSPS) is 20.9. The van der Waals surface area contributed by atoms with Crippen LogP contribution in [0.1, 0.15) is 93.5 Å². The number of hydrogen-bond acceptors (Lipinski definition) is 1. The van der Waals surface area contributed by atoms with Crippen molar-refractivity contribution < 1.29 is 9.90 Å². The molecule has 134 valence electrons. The highest BCUT2D eigenvalue weighted by Crippen LogP contribution is 2.34. The van der Waals surface area contributed by atoms with Crippen LogP contribution in [0, 0.1) is 11.8 Å². The minimum Gasteiger partial charge on any atom is -0.478 e. The molecule has 1 aliphatic rings.